The van der Waals surface area contributed by atoms with Crippen molar-refractivity contribution in [1.29, 1.82) is 0 Å². The summed E-state index contributed by atoms with van der Waals surface area (Å²) in [5, 5.41) is 8.38. The summed E-state index contributed by atoms with van der Waals surface area (Å²) in [6, 6.07) is 19.5. The van der Waals surface area contributed by atoms with E-state index in [4.69, 9.17) is 4.74 Å². The second-order valence-corrected chi connectivity index (χ2v) is 7.39. The molecule has 3 N–H and O–H groups in total. The third-order valence-electron chi connectivity index (χ3n) is 4.82. The molecule has 4 amide bonds. The van der Waals surface area contributed by atoms with Crippen molar-refractivity contribution >= 4 is 29.1 Å². The molecule has 0 aliphatic rings. The van der Waals surface area contributed by atoms with Crippen LogP contribution in [0.2, 0.25) is 0 Å². The SMILES string of the molecule is COc1cccc(NC(=O)NCCCN(C(=O)Nc2cccc(C)c2)c2ccc(F)cc2)c1. The highest BCUT2D eigenvalue weighted by Crippen LogP contribution is 2.19. The van der Waals surface area contributed by atoms with E-state index in [2.05, 4.69) is 16.0 Å². The molecular formula is C25H27FN4O3. The summed E-state index contributed by atoms with van der Waals surface area (Å²) in [5.74, 6) is 0.260. The van der Waals surface area contributed by atoms with Crippen LogP contribution in [-0.2, 0) is 0 Å². The number of amides is 4. The first-order valence-corrected chi connectivity index (χ1v) is 10.5. The molecule has 0 aliphatic heterocycles. The quantitative estimate of drug-likeness (QED) is 0.402. The first kappa shape index (κ1) is 23.6. The second-order valence-electron chi connectivity index (χ2n) is 7.39. The first-order valence-electron chi connectivity index (χ1n) is 10.5. The highest BCUT2D eigenvalue weighted by Gasteiger charge is 2.16. The summed E-state index contributed by atoms with van der Waals surface area (Å²) in [5.41, 5.74) is 2.86. The van der Waals surface area contributed by atoms with Crippen molar-refractivity contribution in [3.63, 3.8) is 0 Å². The van der Waals surface area contributed by atoms with Crippen LogP contribution in [0.4, 0.5) is 31.0 Å². The predicted molar refractivity (Wildman–Crippen MR) is 129 cm³/mol. The van der Waals surface area contributed by atoms with E-state index in [-0.39, 0.29) is 17.9 Å². The number of hydrogen-bond acceptors (Lipinski definition) is 3. The van der Waals surface area contributed by atoms with Crippen molar-refractivity contribution in [2.45, 2.75) is 13.3 Å². The van der Waals surface area contributed by atoms with E-state index in [1.54, 1.807) is 49.6 Å². The molecule has 0 bridgehead atoms. The number of urea groups is 2. The first-order chi connectivity index (χ1) is 15.9. The number of nitrogens with zero attached hydrogens (tertiary/aromatic N) is 1. The summed E-state index contributed by atoms with van der Waals surface area (Å²) in [6.07, 6.45) is 0.490. The van der Waals surface area contributed by atoms with E-state index in [1.165, 1.54) is 17.0 Å². The van der Waals surface area contributed by atoms with Crippen LogP contribution >= 0.6 is 0 Å². The molecule has 172 valence electrons. The molecule has 0 aromatic heterocycles. The van der Waals surface area contributed by atoms with Crippen LogP contribution in [-0.4, -0.2) is 32.3 Å². The van der Waals surface area contributed by atoms with Gasteiger partial charge in [0.25, 0.3) is 0 Å². The van der Waals surface area contributed by atoms with Crippen LogP contribution in [0, 0.1) is 12.7 Å². The smallest absolute Gasteiger partial charge is 0.326 e. The summed E-state index contributed by atoms with van der Waals surface area (Å²) in [7, 11) is 1.56. The molecule has 0 heterocycles. The van der Waals surface area contributed by atoms with Gasteiger partial charge in [-0.15, -0.1) is 0 Å². The van der Waals surface area contributed by atoms with E-state index in [9.17, 15) is 14.0 Å². The molecule has 0 fully saturated rings. The van der Waals surface area contributed by atoms with Crippen LogP contribution < -0.4 is 25.6 Å². The van der Waals surface area contributed by atoms with Crippen molar-refractivity contribution in [2.24, 2.45) is 0 Å². The van der Waals surface area contributed by atoms with Gasteiger partial charge in [-0.2, -0.15) is 0 Å². The Kier molecular flexibility index (Phi) is 8.24. The largest absolute Gasteiger partial charge is 0.497 e. The summed E-state index contributed by atoms with van der Waals surface area (Å²) in [6.45, 7) is 2.60. The number of carbonyl (C=O) groups is 2. The second kappa shape index (κ2) is 11.5. The molecular weight excluding hydrogens is 423 g/mol. The number of carbonyl (C=O) groups excluding carboxylic acids is 2. The van der Waals surface area contributed by atoms with Crippen molar-refractivity contribution in [3.8, 4) is 5.75 Å². The molecule has 0 spiro atoms. The Balaban J connectivity index is 1.57. The van der Waals surface area contributed by atoms with Crippen molar-refractivity contribution in [2.75, 3.05) is 35.7 Å². The third-order valence-corrected chi connectivity index (χ3v) is 4.82. The highest BCUT2D eigenvalue weighted by molar-refractivity contribution is 6.01. The Morgan fingerprint density at radius 1 is 0.939 bits per heavy atom. The van der Waals surface area contributed by atoms with E-state index in [0.717, 1.165) is 5.56 Å². The third kappa shape index (κ3) is 7.24. The van der Waals surface area contributed by atoms with E-state index in [1.807, 2.05) is 25.1 Å². The highest BCUT2D eigenvalue weighted by atomic mass is 19.1. The fourth-order valence-corrected chi connectivity index (χ4v) is 3.20. The lowest BCUT2D eigenvalue weighted by Gasteiger charge is -2.23. The minimum absolute atomic E-state index is 0.322. The lowest BCUT2D eigenvalue weighted by atomic mass is 10.2. The topological polar surface area (TPSA) is 82.7 Å². The Morgan fingerprint density at radius 2 is 1.64 bits per heavy atom. The van der Waals surface area contributed by atoms with Gasteiger partial charge < -0.3 is 20.7 Å². The average molecular weight is 451 g/mol. The minimum Gasteiger partial charge on any atom is -0.497 e. The zero-order valence-corrected chi connectivity index (χ0v) is 18.6. The molecule has 0 atom stereocenters. The summed E-state index contributed by atoms with van der Waals surface area (Å²) >= 11 is 0. The molecule has 0 unspecified atom stereocenters. The molecule has 0 saturated heterocycles. The molecule has 3 aromatic rings. The van der Waals surface area contributed by atoms with Crippen LogP contribution in [0.15, 0.2) is 72.8 Å². The molecule has 8 heteroatoms. The number of anilines is 3. The van der Waals surface area contributed by atoms with Crippen molar-refractivity contribution < 1.29 is 18.7 Å². The zero-order valence-electron chi connectivity index (χ0n) is 18.6. The maximum atomic E-state index is 13.4. The molecule has 3 rings (SSSR count). The number of ether oxygens (including phenoxy) is 1. The van der Waals surface area contributed by atoms with E-state index >= 15 is 0 Å². The molecule has 3 aromatic carbocycles. The number of nitrogens with one attached hydrogen (secondary N) is 3. The predicted octanol–water partition coefficient (Wildman–Crippen LogP) is 5.39. The van der Waals surface area contributed by atoms with Gasteiger partial charge in [-0.05, 0) is 67.4 Å². The van der Waals surface area contributed by atoms with Gasteiger partial charge in [-0.3, -0.25) is 4.90 Å². The monoisotopic (exact) mass is 450 g/mol. The van der Waals surface area contributed by atoms with Gasteiger partial charge in [-0.1, -0.05) is 18.2 Å². The molecule has 0 radical (unpaired) electrons. The Labute approximate surface area is 192 Å². The number of methoxy groups -OCH3 is 1. The number of halogens is 1. The molecule has 7 nitrogen and oxygen atoms in total. The lowest BCUT2D eigenvalue weighted by molar-refractivity contribution is 0.252. The van der Waals surface area contributed by atoms with Gasteiger partial charge >= 0.3 is 12.1 Å². The maximum Gasteiger partial charge on any atom is 0.326 e. The van der Waals surface area contributed by atoms with Crippen molar-refractivity contribution in [1.82, 2.24) is 5.32 Å². The fourth-order valence-electron chi connectivity index (χ4n) is 3.20. The fraction of sp³-hybridized carbons (Fsp3) is 0.200. The standard InChI is InChI=1S/C25H27FN4O3/c1-18-6-3-7-20(16-18)29-25(32)30(22-12-10-19(26)11-13-22)15-5-14-27-24(31)28-21-8-4-9-23(17-21)33-2/h3-4,6-13,16-17H,5,14-15H2,1-2H3,(H,29,32)(H2,27,28,31). The number of rotatable bonds is 8. The Morgan fingerprint density at radius 3 is 2.33 bits per heavy atom. The molecule has 0 saturated carbocycles. The van der Waals surface area contributed by atoms with E-state index < -0.39 is 0 Å². The normalized spacial score (nSPS) is 10.3. The Hall–Kier alpha value is -4.07. The maximum absolute atomic E-state index is 13.4. The van der Waals surface area contributed by atoms with Crippen LogP contribution in [0.25, 0.3) is 0 Å². The van der Waals surface area contributed by atoms with Crippen LogP contribution in [0.5, 0.6) is 5.75 Å². The lowest BCUT2D eigenvalue weighted by Crippen LogP contribution is -2.38. The minimum atomic E-state index is -0.381. The van der Waals surface area contributed by atoms with Gasteiger partial charge in [-0.25, -0.2) is 14.0 Å². The Bertz CT molecular complexity index is 1090. The summed E-state index contributed by atoms with van der Waals surface area (Å²) < 4.78 is 18.5. The zero-order chi connectivity index (χ0) is 23.6. The number of aryl methyl sites for hydroxylation is 1. The van der Waals surface area contributed by atoms with E-state index in [0.29, 0.717) is 42.3 Å². The molecule has 0 aliphatic carbocycles. The number of hydrogen-bond donors (Lipinski definition) is 3. The van der Waals surface area contributed by atoms with Gasteiger partial charge in [0, 0.05) is 36.2 Å². The number of benzene rings is 3. The average Bonchev–Trinajstić information content (AvgIpc) is 2.80. The van der Waals surface area contributed by atoms with Gasteiger partial charge in [0.05, 0.1) is 7.11 Å². The van der Waals surface area contributed by atoms with Gasteiger partial charge in [0.15, 0.2) is 0 Å². The van der Waals surface area contributed by atoms with Crippen molar-refractivity contribution in [3.05, 3.63) is 84.2 Å². The van der Waals surface area contributed by atoms with Crippen LogP contribution in [0.1, 0.15) is 12.0 Å². The summed E-state index contributed by atoms with van der Waals surface area (Å²) in [4.78, 5) is 26.6. The molecule has 33 heavy (non-hydrogen) atoms. The van der Waals surface area contributed by atoms with Crippen LogP contribution in [0.3, 0.4) is 0 Å². The van der Waals surface area contributed by atoms with Gasteiger partial charge in [0.2, 0.25) is 0 Å². The van der Waals surface area contributed by atoms with Gasteiger partial charge in [0.1, 0.15) is 11.6 Å².